The highest BCUT2D eigenvalue weighted by Gasteiger charge is 2.52. The molecule has 0 bridgehead atoms. The molecular weight excluding hydrogens is 363 g/mol. The molecule has 0 aliphatic rings. The lowest BCUT2D eigenvalue weighted by Gasteiger charge is -2.28. The van der Waals surface area contributed by atoms with Gasteiger partial charge in [-0.15, -0.1) is 0 Å². The minimum absolute atomic E-state index is 0.0427. The van der Waals surface area contributed by atoms with Gasteiger partial charge in [-0.25, -0.2) is 13.2 Å². The van der Waals surface area contributed by atoms with Gasteiger partial charge >= 0.3 is 11.9 Å². The first kappa shape index (κ1) is 20.4. The van der Waals surface area contributed by atoms with Gasteiger partial charge in [-0.2, -0.15) is 0 Å². The van der Waals surface area contributed by atoms with E-state index in [4.69, 9.17) is 9.47 Å². The lowest BCUT2D eigenvalue weighted by Crippen LogP contribution is -2.48. The number of hydrogen-bond donors (Lipinski definition) is 0. The Morgan fingerprint density at radius 2 is 1.59 bits per heavy atom. The number of carbonyl (C=O) groups excluding carboxylic acids is 2. The molecule has 1 aromatic carbocycles. The predicted octanol–water partition coefficient (Wildman–Crippen LogP) is 3.11. The Bertz CT molecular complexity index is 806. The molecule has 0 aliphatic heterocycles. The Hall–Kier alpha value is -2.90. The fraction of sp³-hybridized carbons (Fsp3) is 0.316. The fourth-order valence-corrected chi connectivity index (χ4v) is 2.62. The van der Waals surface area contributed by atoms with Crippen LogP contribution in [0.1, 0.15) is 25.1 Å². The van der Waals surface area contributed by atoms with Crippen molar-refractivity contribution in [3.05, 3.63) is 65.2 Å². The Balaban J connectivity index is 2.64. The summed E-state index contributed by atoms with van der Waals surface area (Å²) in [6.07, 6.45) is 0.439. The Morgan fingerprint density at radius 3 is 2.07 bits per heavy atom. The molecule has 0 aliphatic carbocycles. The molecule has 27 heavy (non-hydrogen) atoms. The maximum atomic E-state index is 13.6. The summed E-state index contributed by atoms with van der Waals surface area (Å²) < 4.78 is 50.3. The number of pyridine rings is 1. The van der Waals surface area contributed by atoms with Crippen molar-refractivity contribution >= 4 is 11.9 Å². The zero-order chi connectivity index (χ0) is 20.0. The number of ether oxygens (including phenoxy) is 2. The quantitative estimate of drug-likeness (QED) is 0.545. The zero-order valence-electron chi connectivity index (χ0n) is 14.8. The van der Waals surface area contributed by atoms with E-state index in [2.05, 4.69) is 4.98 Å². The van der Waals surface area contributed by atoms with Crippen LogP contribution in [0.25, 0.3) is 0 Å². The number of halogens is 3. The normalized spacial score (nSPS) is 11.1. The minimum atomic E-state index is -2.09. The van der Waals surface area contributed by atoms with Crippen LogP contribution in [0.4, 0.5) is 13.2 Å². The number of rotatable bonds is 7. The second-order valence-corrected chi connectivity index (χ2v) is 5.63. The second-order valence-electron chi connectivity index (χ2n) is 5.63. The molecule has 1 aromatic heterocycles. The molecule has 1 heterocycles. The summed E-state index contributed by atoms with van der Waals surface area (Å²) in [6.45, 7) is 3.00. The van der Waals surface area contributed by atoms with Crippen molar-refractivity contribution in [1.29, 1.82) is 0 Å². The van der Waals surface area contributed by atoms with Gasteiger partial charge in [0.2, 0.25) is 5.41 Å². The lowest BCUT2D eigenvalue weighted by atomic mass is 9.78. The van der Waals surface area contributed by atoms with E-state index in [1.807, 2.05) is 0 Å². The zero-order valence-corrected chi connectivity index (χ0v) is 14.8. The maximum absolute atomic E-state index is 13.6. The van der Waals surface area contributed by atoms with Crippen molar-refractivity contribution in [2.24, 2.45) is 0 Å². The first-order valence-electron chi connectivity index (χ1n) is 8.25. The number of benzene rings is 1. The summed E-state index contributed by atoms with van der Waals surface area (Å²) in [7, 11) is 0. The number of nitrogens with zero attached hydrogens (tertiary/aromatic N) is 1. The molecule has 2 aromatic rings. The van der Waals surface area contributed by atoms with Gasteiger partial charge in [0.25, 0.3) is 0 Å². The van der Waals surface area contributed by atoms with E-state index in [1.54, 1.807) is 13.8 Å². The number of aromatic nitrogens is 1. The van der Waals surface area contributed by atoms with Gasteiger partial charge in [-0.3, -0.25) is 14.6 Å². The number of esters is 2. The van der Waals surface area contributed by atoms with Gasteiger partial charge in [-0.05, 0) is 43.7 Å². The summed E-state index contributed by atoms with van der Waals surface area (Å²) in [5, 5.41) is 0. The Labute approximate surface area is 154 Å². The molecule has 0 atom stereocenters. The fourth-order valence-electron chi connectivity index (χ4n) is 2.62. The Kier molecular flexibility index (Phi) is 6.55. The van der Waals surface area contributed by atoms with Gasteiger partial charge in [0.05, 0.1) is 25.1 Å². The van der Waals surface area contributed by atoms with Crippen molar-refractivity contribution in [2.45, 2.75) is 25.7 Å². The molecule has 0 N–H and O–H groups in total. The van der Waals surface area contributed by atoms with Gasteiger partial charge in [0.15, 0.2) is 11.6 Å². The molecule has 2 rings (SSSR count). The standard InChI is InChI=1S/C19H18F3NO4/c1-3-26-17(24)19(18(25)27-4-2,16-8-6-13(20)11-23-16)10-12-5-7-14(21)15(22)9-12/h5-9,11H,3-4,10H2,1-2H3. The van der Waals surface area contributed by atoms with Gasteiger partial charge in [0.1, 0.15) is 5.82 Å². The van der Waals surface area contributed by atoms with Crippen molar-refractivity contribution in [1.82, 2.24) is 4.98 Å². The number of hydrogen-bond acceptors (Lipinski definition) is 5. The van der Waals surface area contributed by atoms with E-state index in [0.717, 1.165) is 30.5 Å². The summed E-state index contributed by atoms with van der Waals surface area (Å²) >= 11 is 0. The Morgan fingerprint density at radius 1 is 0.963 bits per heavy atom. The van der Waals surface area contributed by atoms with Crippen LogP contribution in [-0.4, -0.2) is 30.1 Å². The van der Waals surface area contributed by atoms with Crippen molar-refractivity contribution in [3.63, 3.8) is 0 Å². The summed E-state index contributed by atoms with van der Waals surface area (Å²) in [5.74, 6) is -4.84. The molecule has 0 fully saturated rings. The smallest absolute Gasteiger partial charge is 0.330 e. The maximum Gasteiger partial charge on any atom is 0.330 e. The highest BCUT2D eigenvalue weighted by Crippen LogP contribution is 2.31. The molecule has 0 saturated heterocycles. The summed E-state index contributed by atoms with van der Waals surface area (Å²) in [5.41, 5.74) is -2.07. The first-order valence-corrected chi connectivity index (χ1v) is 8.25. The third kappa shape index (κ3) is 4.27. The van der Waals surface area contributed by atoms with Crippen LogP contribution < -0.4 is 0 Å². The van der Waals surface area contributed by atoms with Crippen LogP contribution in [0, 0.1) is 17.5 Å². The SMILES string of the molecule is CCOC(=O)C(Cc1ccc(F)c(F)c1)(C(=O)OCC)c1ccc(F)cn1. The minimum Gasteiger partial charge on any atom is -0.465 e. The lowest BCUT2D eigenvalue weighted by molar-refractivity contribution is -0.165. The predicted molar refractivity (Wildman–Crippen MR) is 89.2 cm³/mol. The van der Waals surface area contributed by atoms with Gasteiger partial charge < -0.3 is 9.47 Å². The highest BCUT2D eigenvalue weighted by atomic mass is 19.2. The van der Waals surface area contributed by atoms with Crippen LogP contribution >= 0.6 is 0 Å². The van der Waals surface area contributed by atoms with Gasteiger partial charge in [0, 0.05) is 6.42 Å². The molecule has 0 saturated carbocycles. The molecular formula is C19H18F3NO4. The molecule has 0 radical (unpaired) electrons. The van der Waals surface area contributed by atoms with Gasteiger partial charge in [-0.1, -0.05) is 6.07 Å². The summed E-state index contributed by atoms with van der Waals surface area (Å²) in [6, 6.07) is 5.16. The monoisotopic (exact) mass is 381 g/mol. The van der Waals surface area contributed by atoms with E-state index in [-0.39, 0.29) is 24.5 Å². The molecule has 0 spiro atoms. The van der Waals surface area contributed by atoms with Crippen molar-refractivity contribution < 1.29 is 32.2 Å². The average Bonchev–Trinajstić information content (AvgIpc) is 2.63. The first-order chi connectivity index (χ1) is 12.8. The van der Waals surface area contributed by atoms with E-state index < -0.39 is 41.2 Å². The molecule has 0 unspecified atom stereocenters. The van der Waals surface area contributed by atoms with Crippen LogP contribution in [0.15, 0.2) is 36.5 Å². The third-order valence-electron chi connectivity index (χ3n) is 3.87. The van der Waals surface area contributed by atoms with Crippen molar-refractivity contribution in [2.75, 3.05) is 13.2 Å². The average molecular weight is 381 g/mol. The molecule has 0 amide bonds. The largest absolute Gasteiger partial charge is 0.465 e. The second kappa shape index (κ2) is 8.66. The third-order valence-corrected chi connectivity index (χ3v) is 3.87. The van der Waals surface area contributed by atoms with Crippen molar-refractivity contribution in [3.8, 4) is 0 Å². The van der Waals surface area contributed by atoms with Crippen LogP contribution in [-0.2, 0) is 30.9 Å². The molecule has 5 nitrogen and oxygen atoms in total. The summed E-state index contributed by atoms with van der Waals surface area (Å²) in [4.78, 5) is 29.4. The molecule has 144 valence electrons. The topological polar surface area (TPSA) is 65.5 Å². The van der Waals surface area contributed by atoms with E-state index in [1.165, 1.54) is 6.07 Å². The molecule has 8 heteroatoms. The highest BCUT2D eigenvalue weighted by molar-refractivity contribution is 6.06. The van der Waals surface area contributed by atoms with Crippen LogP contribution in [0.3, 0.4) is 0 Å². The van der Waals surface area contributed by atoms with Crippen LogP contribution in [0.2, 0.25) is 0 Å². The van der Waals surface area contributed by atoms with E-state index in [0.29, 0.717) is 0 Å². The van der Waals surface area contributed by atoms with Crippen LogP contribution in [0.5, 0.6) is 0 Å². The van der Waals surface area contributed by atoms with E-state index in [9.17, 15) is 22.8 Å². The number of carbonyl (C=O) groups is 2. The van der Waals surface area contributed by atoms with E-state index >= 15 is 0 Å².